The second-order valence-electron chi connectivity index (χ2n) is 24.4. The lowest BCUT2D eigenvalue weighted by Gasteiger charge is -2.71. The summed E-state index contributed by atoms with van der Waals surface area (Å²) in [4.78, 5) is 15.0. The van der Waals surface area contributed by atoms with Crippen LogP contribution < -0.4 is 0 Å². The van der Waals surface area contributed by atoms with E-state index in [1.807, 2.05) is 0 Å². The Bertz CT molecular complexity index is 2040. The molecule has 416 valence electrons. The lowest BCUT2D eigenvalue weighted by molar-refractivity contribution is -0.361. The van der Waals surface area contributed by atoms with Crippen molar-refractivity contribution in [3.8, 4) is 0 Å². The van der Waals surface area contributed by atoms with Crippen LogP contribution in [-0.2, 0) is 42.7 Å². The van der Waals surface area contributed by atoms with Gasteiger partial charge in [0.2, 0.25) is 6.29 Å². The van der Waals surface area contributed by atoms with Crippen LogP contribution in [0, 0.1) is 44.8 Å². The first-order chi connectivity index (χ1) is 34.2. The average Bonchev–Trinajstić information content (AvgIpc) is 3.35. The normalized spacial score (nSPS) is 54.0. The highest BCUT2D eigenvalue weighted by Gasteiger charge is 2.70. The lowest BCUT2D eigenvalue weighted by atomic mass is 9.34. The monoisotopic (exact) mass is 1040 g/mol. The summed E-state index contributed by atoms with van der Waals surface area (Å²) in [6.07, 6.45) is -20.3. The van der Waals surface area contributed by atoms with Gasteiger partial charge in [0, 0.05) is 5.92 Å². The van der Waals surface area contributed by atoms with Gasteiger partial charge in [-0.25, -0.2) is 0 Å². The fourth-order valence-electron chi connectivity index (χ4n) is 15.7. The predicted molar refractivity (Wildman–Crippen MR) is 251 cm³/mol. The zero-order chi connectivity index (χ0) is 53.1. The molecule has 8 fully saturated rings. The van der Waals surface area contributed by atoms with Gasteiger partial charge in [0.05, 0.1) is 37.4 Å². The smallest absolute Gasteiger partial charge is 0.315 e. The summed E-state index contributed by atoms with van der Waals surface area (Å²) in [5, 5.41) is 128. The van der Waals surface area contributed by atoms with Crippen molar-refractivity contribution in [1.29, 1.82) is 0 Å². The first-order valence-corrected chi connectivity index (χ1v) is 26.4. The molecule has 73 heavy (non-hydrogen) atoms. The van der Waals surface area contributed by atoms with E-state index in [1.54, 1.807) is 0 Å². The topological polar surface area (TPSA) is 334 Å². The van der Waals surface area contributed by atoms with Crippen LogP contribution in [0.1, 0.15) is 106 Å². The molecule has 5 aliphatic carbocycles. The van der Waals surface area contributed by atoms with Gasteiger partial charge in [-0.2, -0.15) is 0 Å². The molecule has 4 saturated carbocycles. The first kappa shape index (κ1) is 55.9. The molecule has 0 aromatic heterocycles. The van der Waals surface area contributed by atoms with Crippen molar-refractivity contribution in [2.45, 2.75) is 229 Å². The van der Waals surface area contributed by atoms with Crippen LogP contribution in [0.15, 0.2) is 23.8 Å². The van der Waals surface area contributed by atoms with Crippen LogP contribution in [-0.4, -0.2) is 210 Å². The Morgan fingerprint density at radius 3 is 2.05 bits per heavy atom. The number of fused-ring (bicyclic) bond motifs is 7. The molecule has 0 aromatic carbocycles. The van der Waals surface area contributed by atoms with Crippen molar-refractivity contribution >= 4 is 5.97 Å². The van der Waals surface area contributed by atoms with Crippen molar-refractivity contribution in [1.82, 2.24) is 0 Å². The van der Waals surface area contributed by atoms with E-state index in [0.717, 1.165) is 37.7 Å². The van der Waals surface area contributed by atoms with Crippen molar-refractivity contribution in [2.24, 2.45) is 44.8 Å². The third kappa shape index (κ3) is 9.12. The molecule has 9 aliphatic rings. The molecule has 0 unspecified atom stereocenters. The summed E-state index contributed by atoms with van der Waals surface area (Å²) in [5.74, 6) is -0.327. The summed E-state index contributed by atoms with van der Waals surface area (Å²) in [6.45, 7) is 15.9. The Kier molecular flexibility index (Phi) is 15.7. The average molecular weight is 1040 g/mol. The van der Waals surface area contributed by atoms with Crippen LogP contribution in [0.3, 0.4) is 0 Å². The van der Waals surface area contributed by atoms with Gasteiger partial charge in [-0.1, -0.05) is 58.4 Å². The van der Waals surface area contributed by atoms with Gasteiger partial charge in [-0.3, -0.25) is 4.79 Å². The summed E-state index contributed by atoms with van der Waals surface area (Å²) >= 11 is 0. The number of aliphatic hydroxyl groups is 12. The number of esters is 1. The Morgan fingerprint density at radius 1 is 0.685 bits per heavy atom. The van der Waals surface area contributed by atoms with E-state index in [-0.39, 0.29) is 52.1 Å². The standard InChI is InChI=1S/C52H82O21/c1-22-10-15-52(47(65)73-46-40(63)36(59)34(57)28(70-46)21-67-43-41(64)37(60)42(27(19-53)69-43)72-45-39(62)35(58)32(55)23(2)68-45)17-16-50(6)24(25(52)18-22)8-9-30-49(5)13-12-31(48(3,4)29(49)11-14-51(30,50)7)71-44-38(61)33(56)26(54)20-66-44/h8,23,25-46,53-64H,1,9-21H2,2-7H3/t23-,25-,26-,27+,28+,29-,30+,31-,32-,33-,34-,35+,36-,37-,38+,39+,40+,41+,42-,43+,44-,45-,46-,49-,50+,51+,52-/m0/s1. The van der Waals surface area contributed by atoms with E-state index in [1.165, 1.54) is 12.5 Å². The molecule has 0 bridgehead atoms. The van der Waals surface area contributed by atoms with Crippen molar-refractivity contribution in [2.75, 3.05) is 19.8 Å². The second-order valence-corrected chi connectivity index (χ2v) is 24.4. The van der Waals surface area contributed by atoms with E-state index in [2.05, 4.69) is 47.3 Å². The minimum absolute atomic E-state index is 0.0874. The molecular weight excluding hydrogens is 961 g/mol. The van der Waals surface area contributed by atoms with Crippen LogP contribution >= 0.6 is 0 Å². The van der Waals surface area contributed by atoms with Crippen molar-refractivity contribution < 1.29 is 104 Å². The number of hydrogen-bond donors (Lipinski definition) is 12. The quantitative estimate of drug-likeness (QED) is 0.0721. The third-order valence-electron chi connectivity index (χ3n) is 20.4. The molecule has 21 heteroatoms. The molecule has 0 radical (unpaired) electrons. The highest BCUT2D eigenvalue weighted by molar-refractivity contribution is 5.79. The first-order valence-electron chi connectivity index (χ1n) is 26.4. The zero-order valence-electron chi connectivity index (χ0n) is 42.8. The maximum absolute atomic E-state index is 15.0. The summed E-state index contributed by atoms with van der Waals surface area (Å²) in [6, 6.07) is 0. The Balaban J connectivity index is 0.880. The molecular formula is C52H82O21. The SMILES string of the molecule is C=C1CC[C@]2(C(=O)O[C@@H]3O[C@H](CO[C@@H]4O[C@H](CO)[C@H](O[C@@H]5O[C@@H](C)[C@H](O)[C@@H](O)[C@H]5O)[C@@H](O)[C@H]4O)[C@H](O)[C@H](O)[C@H]3O)CC[C@]3(C)C(=CC[C@@H]4[C@@]5(C)CC[C@H](O[C@@H]6OC[C@H](O)[C@H](O)[C@H]6O)C(C)(C)[C@@H]5CC[C@]43C)[C@@H]2C1. The van der Waals surface area contributed by atoms with Crippen molar-refractivity contribution in [3.05, 3.63) is 23.8 Å². The van der Waals surface area contributed by atoms with Gasteiger partial charge < -0.3 is 99.2 Å². The molecule has 0 spiro atoms. The molecule has 0 aromatic rings. The van der Waals surface area contributed by atoms with E-state index in [9.17, 15) is 66.1 Å². The Morgan fingerprint density at radius 2 is 1.34 bits per heavy atom. The fourth-order valence-corrected chi connectivity index (χ4v) is 15.7. The van der Waals surface area contributed by atoms with Crippen LogP contribution in [0.4, 0.5) is 0 Å². The molecule has 12 N–H and O–H groups in total. The summed E-state index contributed by atoms with van der Waals surface area (Å²) in [5.41, 5.74) is 0.339. The van der Waals surface area contributed by atoms with E-state index in [4.69, 9.17) is 37.9 Å². The Hall–Kier alpha value is -1.81. The molecule has 0 amide bonds. The van der Waals surface area contributed by atoms with Crippen LogP contribution in [0.2, 0.25) is 0 Å². The summed E-state index contributed by atoms with van der Waals surface area (Å²) in [7, 11) is 0. The van der Waals surface area contributed by atoms with E-state index in [0.29, 0.717) is 32.1 Å². The second kappa shape index (κ2) is 20.4. The number of hydrogen-bond acceptors (Lipinski definition) is 21. The van der Waals surface area contributed by atoms with E-state index < -0.39 is 141 Å². The number of carbonyl (C=O) groups excluding carboxylic acids is 1. The molecule has 4 aliphatic heterocycles. The maximum atomic E-state index is 15.0. The molecule has 4 heterocycles. The third-order valence-corrected chi connectivity index (χ3v) is 20.4. The minimum atomic E-state index is -1.87. The van der Waals surface area contributed by atoms with Gasteiger partial charge in [-0.15, -0.1) is 0 Å². The van der Waals surface area contributed by atoms with Gasteiger partial charge >= 0.3 is 5.97 Å². The van der Waals surface area contributed by atoms with Gasteiger partial charge in [0.1, 0.15) is 85.5 Å². The highest BCUT2D eigenvalue weighted by atomic mass is 16.8. The van der Waals surface area contributed by atoms with Crippen molar-refractivity contribution in [3.63, 3.8) is 0 Å². The predicted octanol–water partition coefficient (Wildman–Crippen LogP) is -0.839. The number of ether oxygens (including phenoxy) is 8. The number of carbonyl (C=O) groups is 1. The van der Waals surface area contributed by atoms with Crippen LogP contribution in [0.5, 0.6) is 0 Å². The molecule has 4 saturated heterocycles. The largest absolute Gasteiger partial charge is 0.432 e. The number of aliphatic hydroxyl groups excluding tert-OH is 12. The molecule has 27 atom stereocenters. The maximum Gasteiger partial charge on any atom is 0.315 e. The lowest BCUT2D eigenvalue weighted by Crippen LogP contribution is -2.66. The van der Waals surface area contributed by atoms with Gasteiger partial charge in [0.15, 0.2) is 18.9 Å². The minimum Gasteiger partial charge on any atom is -0.432 e. The number of allylic oxidation sites excluding steroid dienone is 3. The Labute approximate surface area is 426 Å². The molecule has 9 rings (SSSR count). The zero-order valence-corrected chi connectivity index (χ0v) is 42.8. The van der Waals surface area contributed by atoms with Gasteiger partial charge in [-0.05, 0) is 105 Å². The molecule has 21 nitrogen and oxygen atoms in total. The van der Waals surface area contributed by atoms with E-state index >= 15 is 0 Å². The van der Waals surface area contributed by atoms with Gasteiger partial charge in [0.25, 0.3) is 0 Å². The number of rotatable bonds is 10. The fraction of sp³-hybridized carbons (Fsp3) is 0.904. The van der Waals surface area contributed by atoms with Crippen LogP contribution in [0.25, 0.3) is 0 Å². The highest BCUT2D eigenvalue weighted by Crippen LogP contribution is 2.75. The summed E-state index contributed by atoms with van der Waals surface area (Å²) < 4.78 is 46.9.